The number of nitrogens with one attached hydrogen (secondary N) is 1. The lowest BCUT2D eigenvalue weighted by Gasteiger charge is -2.27. The third-order valence-electron chi connectivity index (χ3n) is 5.80. The van der Waals surface area contributed by atoms with Crippen LogP contribution in [0.5, 0.6) is 0 Å². The summed E-state index contributed by atoms with van der Waals surface area (Å²) in [5, 5.41) is 7.82. The Balaban J connectivity index is 1.61. The van der Waals surface area contributed by atoms with Crippen molar-refractivity contribution in [1.82, 2.24) is 25.0 Å². The maximum Gasteiger partial charge on any atom is 0.291 e. The molecule has 0 bridgehead atoms. The van der Waals surface area contributed by atoms with E-state index < -0.39 is 0 Å². The predicted octanol–water partition coefficient (Wildman–Crippen LogP) is 2.71. The Morgan fingerprint density at radius 1 is 1.31 bits per heavy atom. The van der Waals surface area contributed by atoms with Crippen molar-refractivity contribution in [3.63, 3.8) is 0 Å². The van der Waals surface area contributed by atoms with E-state index in [0.29, 0.717) is 36.8 Å². The number of hydrogen-bond donors (Lipinski definition) is 1. The quantitative estimate of drug-likeness (QED) is 0.834. The van der Waals surface area contributed by atoms with Crippen LogP contribution in [0.3, 0.4) is 0 Å². The van der Waals surface area contributed by atoms with Gasteiger partial charge in [-0.25, -0.2) is 4.98 Å². The molecular formula is C21H29N5O3. The van der Waals surface area contributed by atoms with E-state index in [1.54, 1.807) is 11.8 Å². The molecule has 156 valence electrons. The highest BCUT2D eigenvalue weighted by atomic mass is 16.3. The number of aryl methyl sites for hydroxylation is 1. The molecule has 29 heavy (non-hydrogen) atoms. The van der Waals surface area contributed by atoms with E-state index in [0.717, 1.165) is 43.5 Å². The molecule has 1 fully saturated rings. The molecule has 0 saturated heterocycles. The summed E-state index contributed by atoms with van der Waals surface area (Å²) in [5.41, 5.74) is 2.96. The fourth-order valence-corrected chi connectivity index (χ4v) is 4.32. The van der Waals surface area contributed by atoms with Crippen molar-refractivity contribution >= 4 is 11.8 Å². The summed E-state index contributed by atoms with van der Waals surface area (Å²) in [5.74, 6) is 0.367. The average Bonchev–Trinajstić information content (AvgIpc) is 3.41. The summed E-state index contributed by atoms with van der Waals surface area (Å²) < 4.78 is 7.25. The fourth-order valence-electron chi connectivity index (χ4n) is 4.32. The highest BCUT2D eigenvalue weighted by Gasteiger charge is 2.33. The summed E-state index contributed by atoms with van der Waals surface area (Å²) >= 11 is 0. The number of amides is 2. The highest BCUT2D eigenvalue weighted by Crippen LogP contribution is 2.26. The molecule has 2 amide bonds. The van der Waals surface area contributed by atoms with Crippen LogP contribution in [-0.2, 0) is 19.5 Å². The van der Waals surface area contributed by atoms with Crippen LogP contribution in [0.15, 0.2) is 10.8 Å². The zero-order valence-corrected chi connectivity index (χ0v) is 17.4. The van der Waals surface area contributed by atoms with Gasteiger partial charge in [0.2, 0.25) is 5.76 Å². The fraction of sp³-hybridized carbons (Fsp3) is 0.619. The van der Waals surface area contributed by atoms with E-state index in [1.165, 1.54) is 6.39 Å². The number of carbonyl (C=O) groups excluding carboxylic acids is 2. The monoisotopic (exact) mass is 399 g/mol. The van der Waals surface area contributed by atoms with E-state index in [-0.39, 0.29) is 23.6 Å². The van der Waals surface area contributed by atoms with Crippen LogP contribution >= 0.6 is 0 Å². The smallest absolute Gasteiger partial charge is 0.291 e. The van der Waals surface area contributed by atoms with Crippen LogP contribution in [-0.4, -0.2) is 44.1 Å². The number of rotatable bonds is 5. The molecule has 1 aliphatic carbocycles. The molecule has 0 aromatic carbocycles. The van der Waals surface area contributed by atoms with Crippen molar-refractivity contribution in [3.05, 3.63) is 34.8 Å². The maximum atomic E-state index is 13.0. The van der Waals surface area contributed by atoms with Crippen LogP contribution in [0, 0.1) is 12.8 Å². The molecule has 0 unspecified atom stereocenters. The molecule has 2 aliphatic rings. The Labute approximate surface area is 170 Å². The minimum absolute atomic E-state index is 0.124. The first-order valence-electron chi connectivity index (χ1n) is 10.5. The Morgan fingerprint density at radius 3 is 2.72 bits per heavy atom. The lowest BCUT2D eigenvalue weighted by molar-refractivity contribution is 0.0697. The van der Waals surface area contributed by atoms with Gasteiger partial charge in [-0.2, -0.15) is 5.10 Å². The Hall–Kier alpha value is -2.64. The van der Waals surface area contributed by atoms with Gasteiger partial charge >= 0.3 is 0 Å². The van der Waals surface area contributed by atoms with E-state index in [9.17, 15) is 9.59 Å². The van der Waals surface area contributed by atoms with Gasteiger partial charge in [0.15, 0.2) is 12.1 Å². The number of aromatic nitrogens is 3. The first-order chi connectivity index (χ1) is 13.9. The van der Waals surface area contributed by atoms with Crippen molar-refractivity contribution in [1.29, 1.82) is 0 Å². The molecule has 1 saturated carbocycles. The zero-order valence-electron chi connectivity index (χ0n) is 17.4. The van der Waals surface area contributed by atoms with Crippen molar-refractivity contribution in [2.75, 3.05) is 6.54 Å². The van der Waals surface area contributed by atoms with E-state index in [4.69, 9.17) is 4.42 Å². The molecule has 8 heteroatoms. The second-order valence-corrected chi connectivity index (χ2v) is 8.55. The first-order valence-corrected chi connectivity index (χ1v) is 10.5. The summed E-state index contributed by atoms with van der Waals surface area (Å²) in [6, 6.07) is 0.228. The molecule has 0 atom stereocenters. The lowest BCUT2D eigenvalue weighted by atomic mass is 10.0. The second-order valence-electron chi connectivity index (χ2n) is 8.55. The van der Waals surface area contributed by atoms with E-state index in [2.05, 4.69) is 29.2 Å². The van der Waals surface area contributed by atoms with E-state index in [1.807, 2.05) is 4.68 Å². The zero-order chi connectivity index (χ0) is 20.5. The summed E-state index contributed by atoms with van der Waals surface area (Å²) in [6.07, 6.45) is 6.32. The van der Waals surface area contributed by atoms with Gasteiger partial charge in [0.05, 0.1) is 12.2 Å². The number of carbonyl (C=O) groups is 2. The highest BCUT2D eigenvalue weighted by molar-refractivity contribution is 5.95. The molecule has 2 aromatic heterocycles. The standard InChI is InChI=1S/C21H29N5O3/c1-13(2)10-26-17-8-9-25(21(28)19-14(3)22-12-29-19)11-16(17)18(24-26)20(27)23-15-6-4-5-7-15/h12-13,15H,4-11H2,1-3H3,(H,23,27). The van der Waals surface area contributed by atoms with Gasteiger partial charge in [-0.15, -0.1) is 0 Å². The lowest BCUT2D eigenvalue weighted by Crippen LogP contribution is -2.38. The van der Waals surface area contributed by atoms with Crippen molar-refractivity contribution in [3.8, 4) is 0 Å². The van der Waals surface area contributed by atoms with Crippen molar-refractivity contribution in [2.45, 2.75) is 72.0 Å². The van der Waals surface area contributed by atoms with Gasteiger partial charge in [-0.05, 0) is 25.7 Å². The largest absolute Gasteiger partial charge is 0.438 e. The van der Waals surface area contributed by atoms with Gasteiger partial charge in [-0.1, -0.05) is 26.7 Å². The normalized spacial score (nSPS) is 17.0. The van der Waals surface area contributed by atoms with Crippen LogP contribution < -0.4 is 5.32 Å². The third-order valence-corrected chi connectivity index (χ3v) is 5.80. The summed E-state index contributed by atoms with van der Waals surface area (Å²) in [6.45, 7) is 7.72. The topological polar surface area (TPSA) is 93.3 Å². The van der Waals surface area contributed by atoms with Crippen LogP contribution in [0.4, 0.5) is 0 Å². The maximum absolute atomic E-state index is 13.0. The Kier molecular flexibility index (Phi) is 5.43. The van der Waals surface area contributed by atoms with Gasteiger partial charge in [-0.3, -0.25) is 14.3 Å². The van der Waals surface area contributed by atoms with E-state index >= 15 is 0 Å². The van der Waals surface area contributed by atoms with Gasteiger partial charge in [0, 0.05) is 36.8 Å². The molecule has 3 heterocycles. The van der Waals surface area contributed by atoms with Gasteiger partial charge in [0.1, 0.15) is 0 Å². The molecular weight excluding hydrogens is 370 g/mol. The van der Waals surface area contributed by atoms with Crippen molar-refractivity contribution in [2.24, 2.45) is 5.92 Å². The number of hydrogen-bond acceptors (Lipinski definition) is 5. The molecule has 4 rings (SSSR count). The molecule has 0 radical (unpaired) electrons. The SMILES string of the molecule is Cc1ncoc1C(=O)N1CCc2c(c(C(=O)NC3CCCC3)nn2CC(C)C)C1. The first kappa shape index (κ1) is 19.7. The Bertz CT molecular complexity index is 908. The number of oxazole rings is 1. The van der Waals surface area contributed by atoms with Gasteiger partial charge in [0.25, 0.3) is 11.8 Å². The molecule has 8 nitrogen and oxygen atoms in total. The summed E-state index contributed by atoms with van der Waals surface area (Å²) in [4.78, 5) is 31.7. The molecule has 2 aromatic rings. The Morgan fingerprint density at radius 2 is 2.07 bits per heavy atom. The minimum Gasteiger partial charge on any atom is -0.438 e. The molecule has 1 N–H and O–H groups in total. The van der Waals surface area contributed by atoms with Gasteiger partial charge < -0.3 is 14.6 Å². The minimum atomic E-state index is -0.190. The molecule has 0 spiro atoms. The average molecular weight is 399 g/mol. The predicted molar refractivity (Wildman–Crippen MR) is 106 cm³/mol. The third kappa shape index (κ3) is 3.93. The van der Waals surface area contributed by atoms with Crippen molar-refractivity contribution < 1.29 is 14.0 Å². The van der Waals surface area contributed by atoms with Crippen LogP contribution in [0.25, 0.3) is 0 Å². The second kappa shape index (κ2) is 8.00. The van der Waals surface area contributed by atoms with Crippen LogP contribution in [0.2, 0.25) is 0 Å². The molecule has 1 aliphatic heterocycles. The summed E-state index contributed by atoms with van der Waals surface area (Å²) in [7, 11) is 0. The van der Waals surface area contributed by atoms with Crippen LogP contribution in [0.1, 0.15) is 77.5 Å². The number of nitrogens with zero attached hydrogens (tertiary/aromatic N) is 4. The number of fused-ring (bicyclic) bond motifs is 1.